The first kappa shape index (κ1) is 24.0. The molecule has 0 saturated carbocycles. The quantitative estimate of drug-likeness (QED) is 0.298. The second-order valence-electron chi connectivity index (χ2n) is 8.15. The van der Waals surface area contributed by atoms with Gasteiger partial charge in [0.1, 0.15) is 27.3 Å². The monoisotopic (exact) mass is 531 g/mol. The molecule has 0 radical (unpaired) electrons. The zero-order chi connectivity index (χ0) is 25.6. The zero-order valence-electron chi connectivity index (χ0n) is 19.3. The van der Waals surface area contributed by atoms with Crippen molar-refractivity contribution in [2.75, 3.05) is 31.6 Å². The molecule has 10 nitrogen and oxygen atoms in total. The van der Waals surface area contributed by atoms with Gasteiger partial charge in [0.05, 0.1) is 29.6 Å². The van der Waals surface area contributed by atoms with Crippen LogP contribution in [-0.2, 0) is 4.79 Å². The summed E-state index contributed by atoms with van der Waals surface area (Å²) < 4.78 is 25.8. The molecule has 5 rings (SSSR count). The molecule has 1 saturated heterocycles. The lowest BCUT2D eigenvalue weighted by Gasteiger charge is -2.40. The number of hydrogen-bond donors (Lipinski definition) is 1. The highest BCUT2D eigenvalue weighted by atomic mass is 35.5. The molecular weight excluding hydrogens is 512 g/mol. The van der Waals surface area contributed by atoms with Crippen LogP contribution in [0.25, 0.3) is 21.8 Å². The summed E-state index contributed by atoms with van der Waals surface area (Å²) in [6.45, 7) is 6.99. The second kappa shape index (κ2) is 9.40. The number of halogens is 3. The van der Waals surface area contributed by atoms with Gasteiger partial charge in [-0.05, 0) is 19.1 Å². The molecule has 1 atom stereocenters. The average molecular weight is 532 g/mol. The van der Waals surface area contributed by atoms with Crippen LogP contribution >= 0.6 is 23.2 Å². The van der Waals surface area contributed by atoms with Crippen molar-refractivity contribution in [1.29, 1.82) is 0 Å². The number of hydrogen-bond acceptors (Lipinski definition) is 8. The molecule has 36 heavy (non-hydrogen) atoms. The number of pyridine rings is 1. The van der Waals surface area contributed by atoms with E-state index in [2.05, 4.69) is 31.7 Å². The Morgan fingerprint density at radius 1 is 1.25 bits per heavy atom. The molecule has 1 unspecified atom stereocenters. The van der Waals surface area contributed by atoms with Crippen molar-refractivity contribution in [2.24, 2.45) is 0 Å². The molecule has 1 aliphatic rings. The van der Waals surface area contributed by atoms with Gasteiger partial charge in [-0.1, -0.05) is 29.8 Å². The predicted octanol–water partition coefficient (Wildman–Crippen LogP) is 4.37. The number of rotatable bonds is 5. The van der Waals surface area contributed by atoms with Crippen LogP contribution in [-0.4, -0.2) is 68.7 Å². The Morgan fingerprint density at radius 2 is 2.06 bits per heavy atom. The first-order valence-corrected chi connectivity index (χ1v) is 11.7. The fourth-order valence-electron chi connectivity index (χ4n) is 4.23. The molecule has 1 amide bonds. The zero-order valence-corrected chi connectivity index (χ0v) is 20.8. The van der Waals surface area contributed by atoms with Gasteiger partial charge < -0.3 is 19.3 Å². The van der Waals surface area contributed by atoms with Gasteiger partial charge in [0.15, 0.2) is 5.75 Å². The number of aromatic nitrogens is 5. The molecule has 0 bridgehead atoms. The maximum atomic E-state index is 14.5. The molecule has 186 valence electrons. The van der Waals surface area contributed by atoms with Crippen LogP contribution in [0.4, 0.5) is 10.2 Å². The number of methoxy groups -OCH3 is 1. The van der Waals surface area contributed by atoms with Gasteiger partial charge in [-0.2, -0.15) is 20.1 Å². The number of piperazine rings is 1. The Labute approximate surface area is 214 Å². The third kappa shape index (κ3) is 4.14. The number of ether oxygens (including phenoxy) is 2. The molecular formula is C23H20Cl2FN7O3. The van der Waals surface area contributed by atoms with Crippen molar-refractivity contribution >= 4 is 56.7 Å². The number of nitrogens with zero attached hydrogens (tertiary/aromatic N) is 6. The van der Waals surface area contributed by atoms with Gasteiger partial charge in [0, 0.05) is 31.7 Å². The normalized spacial score (nSPS) is 16.0. The maximum absolute atomic E-state index is 14.5. The molecule has 1 aromatic carbocycles. The topological polar surface area (TPSA) is 109 Å². The lowest BCUT2D eigenvalue weighted by Crippen LogP contribution is -2.54. The SMILES string of the molecule is C=CC(=O)N1CCN(c2nc(OC)nc3c(Oc4c(Cl)c(F)cc5[nH]ncc45)nc(Cl)cc23)CC1C. The number of carbonyl (C=O) groups is 1. The van der Waals surface area contributed by atoms with Gasteiger partial charge in [-0.15, -0.1) is 0 Å². The Morgan fingerprint density at radius 3 is 2.78 bits per heavy atom. The highest BCUT2D eigenvalue weighted by Crippen LogP contribution is 2.41. The van der Waals surface area contributed by atoms with Gasteiger partial charge in [-0.25, -0.2) is 4.39 Å². The van der Waals surface area contributed by atoms with E-state index in [0.29, 0.717) is 41.7 Å². The van der Waals surface area contributed by atoms with E-state index in [1.165, 1.54) is 25.4 Å². The summed E-state index contributed by atoms with van der Waals surface area (Å²) in [5.74, 6) is -0.289. The highest BCUT2D eigenvalue weighted by Gasteiger charge is 2.29. The number of nitrogens with one attached hydrogen (secondary N) is 1. The number of fused-ring (bicyclic) bond motifs is 2. The van der Waals surface area contributed by atoms with Crippen molar-refractivity contribution < 1.29 is 18.7 Å². The van der Waals surface area contributed by atoms with Gasteiger partial charge in [0.2, 0.25) is 11.8 Å². The lowest BCUT2D eigenvalue weighted by atomic mass is 10.1. The Kier molecular flexibility index (Phi) is 6.27. The number of amides is 1. The van der Waals surface area contributed by atoms with Crippen LogP contribution in [0.5, 0.6) is 17.6 Å². The molecule has 4 heterocycles. The minimum absolute atomic E-state index is 0.0111. The van der Waals surface area contributed by atoms with Crippen molar-refractivity contribution in [3.8, 4) is 17.6 Å². The minimum atomic E-state index is -0.691. The second-order valence-corrected chi connectivity index (χ2v) is 8.91. The summed E-state index contributed by atoms with van der Waals surface area (Å²) in [6, 6.07) is 2.81. The Balaban J connectivity index is 1.62. The van der Waals surface area contributed by atoms with E-state index >= 15 is 0 Å². The smallest absolute Gasteiger partial charge is 0.318 e. The molecule has 0 spiro atoms. The van der Waals surface area contributed by atoms with Crippen LogP contribution in [0.1, 0.15) is 6.92 Å². The van der Waals surface area contributed by atoms with Gasteiger partial charge >= 0.3 is 6.01 Å². The van der Waals surface area contributed by atoms with Crippen molar-refractivity contribution in [1.82, 2.24) is 30.0 Å². The summed E-state index contributed by atoms with van der Waals surface area (Å²) in [4.78, 5) is 29.2. The number of carbonyl (C=O) groups excluding carboxylic acids is 1. The van der Waals surface area contributed by atoms with Gasteiger partial charge in [0.25, 0.3) is 0 Å². The van der Waals surface area contributed by atoms with Crippen molar-refractivity contribution in [3.63, 3.8) is 0 Å². The number of anilines is 1. The Hall–Kier alpha value is -3.70. The van der Waals surface area contributed by atoms with E-state index in [1.54, 1.807) is 11.0 Å². The third-order valence-corrected chi connectivity index (χ3v) is 6.48. The van der Waals surface area contributed by atoms with Crippen LogP contribution in [0.15, 0.2) is 31.0 Å². The third-order valence-electron chi connectivity index (χ3n) is 5.94. The van der Waals surface area contributed by atoms with E-state index in [9.17, 15) is 9.18 Å². The molecule has 1 N–H and O–H groups in total. The average Bonchev–Trinajstić information content (AvgIpc) is 3.33. The van der Waals surface area contributed by atoms with Crippen LogP contribution in [0.3, 0.4) is 0 Å². The standard InChI is InChI=1S/C23H20Cl2FN7O3/c1-4-17(34)33-6-5-32(10-11(33)2)21-12-7-16(24)28-22(19(12)29-23(30-21)35-3)36-20-13-9-27-31-15(13)8-14(26)18(20)25/h4,7-9,11H,1,5-6,10H2,2-3H3,(H,27,31). The molecule has 1 aliphatic heterocycles. The van der Waals surface area contributed by atoms with E-state index in [4.69, 9.17) is 32.7 Å². The largest absolute Gasteiger partial charge is 0.467 e. The maximum Gasteiger partial charge on any atom is 0.318 e. The van der Waals surface area contributed by atoms with Gasteiger partial charge in [-0.3, -0.25) is 9.89 Å². The summed E-state index contributed by atoms with van der Waals surface area (Å²) in [5, 5.41) is 7.49. The van der Waals surface area contributed by atoms with Crippen LogP contribution in [0.2, 0.25) is 10.2 Å². The molecule has 4 aromatic rings. The number of benzene rings is 1. The Bertz CT molecular complexity index is 1510. The van der Waals surface area contributed by atoms with E-state index in [0.717, 1.165) is 0 Å². The molecule has 13 heteroatoms. The van der Waals surface area contributed by atoms with Crippen molar-refractivity contribution in [3.05, 3.63) is 47.0 Å². The summed E-state index contributed by atoms with van der Waals surface area (Å²) in [7, 11) is 1.44. The fourth-order valence-corrected chi connectivity index (χ4v) is 4.61. The van der Waals surface area contributed by atoms with E-state index in [-0.39, 0.29) is 45.3 Å². The minimum Gasteiger partial charge on any atom is -0.467 e. The van der Waals surface area contributed by atoms with E-state index < -0.39 is 5.82 Å². The fraction of sp³-hybridized carbons (Fsp3) is 0.261. The predicted molar refractivity (Wildman–Crippen MR) is 134 cm³/mol. The highest BCUT2D eigenvalue weighted by molar-refractivity contribution is 6.33. The summed E-state index contributed by atoms with van der Waals surface area (Å²) in [6.07, 6.45) is 2.77. The number of aromatic amines is 1. The first-order chi connectivity index (χ1) is 17.3. The van der Waals surface area contributed by atoms with Crippen LogP contribution in [0, 0.1) is 5.82 Å². The first-order valence-electron chi connectivity index (χ1n) is 10.9. The van der Waals surface area contributed by atoms with Crippen LogP contribution < -0.4 is 14.4 Å². The molecule has 1 fully saturated rings. The lowest BCUT2D eigenvalue weighted by molar-refractivity contribution is -0.128. The summed E-state index contributed by atoms with van der Waals surface area (Å²) >= 11 is 12.6. The summed E-state index contributed by atoms with van der Waals surface area (Å²) in [5.41, 5.74) is 0.683. The van der Waals surface area contributed by atoms with E-state index in [1.807, 2.05) is 11.8 Å². The number of H-pyrrole nitrogens is 1. The molecule has 0 aliphatic carbocycles. The molecule has 3 aromatic heterocycles. The van der Waals surface area contributed by atoms with Crippen molar-refractivity contribution in [2.45, 2.75) is 13.0 Å².